The molecule has 4 saturated heterocycles. The Morgan fingerprint density at radius 1 is 0.747 bits per heavy atom. The third-order valence-electron chi connectivity index (χ3n) is 12.0. The summed E-state index contributed by atoms with van der Waals surface area (Å²) in [6.07, 6.45) is -13.8. The summed E-state index contributed by atoms with van der Waals surface area (Å²) in [5.74, 6) is -0.703. The zero-order valence-corrected chi connectivity index (χ0v) is 41.2. The van der Waals surface area contributed by atoms with Crippen molar-refractivity contribution in [3.8, 4) is 0 Å². The molecule has 10 rings (SSSR count). The number of hydrogen-bond acceptors (Lipinski definition) is 29. The van der Waals surface area contributed by atoms with Crippen molar-refractivity contribution >= 4 is 82.5 Å². The van der Waals surface area contributed by atoms with Gasteiger partial charge < -0.3 is 76.1 Å². The number of phosphoric ester groups is 3. The lowest BCUT2D eigenvalue weighted by atomic mass is 10.0. The molecule has 16 N–H and O–H groups in total. The average molecular weight is 1140 g/mol. The van der Waals surface area contributed by atoms with Crippen LogP contribution in [0.25, 0.3) is 33.5 Å². The van der Waals surface area contributed by atoms with Gasteiger partial charge in [0.25, 0.3) is 17.1 Å². The summed E-state index contributed by atoms with van der Waals surface area (Å²) in [5, 5.41) is 43.2. The highest BCUT2D eigenvalue weighted by atomic mass is 31.3. The number of nitrogen functional groups attached to an aromatic ring is 3. The van der Waals surface area contributed by atoms with Crippen LogP contribution in [0.1, 0.15) is 18.7 Å². The number of phosphoric acid groups is 4. The molecule has 408 valence electrons. The maximum Gasteiger partial charge on any atom is 0.490 e. The minimum atomic E-state index is -6.21. The monoisotopic (exact) mass is 1140 g/mol. The normalized spacial score (nSPS) is 32.0. The van der Waals surface area contributed by atoms with Crippen molar-refractivity contribution < 1.29 is 108 Å². The predicted molar refractivity (Wildman–Crippen MR) is 237 cm³/mol. The lowest BCUT2D eigenvalue weighted by Gasteiger charge is -2.32. The second-order valence-corrected chi connectivity index (χ2v) is 23.0. The highest BCUT2D eigenvalue weighted by molar-refractivity contribution is 7.66. The molecule has 0 saturated carbocycles. The van der Waals surface area contributed by atoms with Gasteiger partial charge in [-0.3, -0.25) is 51.4 Å². The van der Waals surface area contributed by atoms with Gasteiger partial charge in [-0.2, -0.15) is 13.6 Å². The predicted octanol–water partition coefficient (Wildman–Crippen LogP) is -4.96. The van der Waals surface area contributed by atoms with Crippen molar-refractivity contribution in [2.75, 3.05) is 43.6 Å². The first-order valence-electron chi connectivity index (χ1n) is 21.3. The third kappa shape index (κ3) is 9.95. The van der Waals surface area contributed by atoms with Gasteiger partial charge in [0.05, 0.1) is 46.1 Å². The van der Waals surface area contributed by atoms with Crippen LogP contribution in [0.5, 0.6) is 0 Å². The van der Waals surface area contributed by atoms with E-state index in [9.17, 15) is 67.8 Å². The fraction of sp³-hybridized carbons (Fsp3) is 0.531. The molecule has 7 unspecified atom stereocenters. The molecule has 0 radical (unpaired) electrons. The summed E-state index contributed by atoms with van der Waals surface area (Å²) >= 11 is 0. The van der Waals surface area contributed by atoms with Gasteiger partial charge in [0.15, 0.2) is 41.4 Å². The average Bonchev–Trinajstić information content (AvgIpc) is 4.23. The zero-order valence-electron chi connectivity index (χ0n) is 37.6. The molecule has 39 nitrogen and oxygen atoms in total. The number of anilines is 3. The van der Waals surface area contributed by atoms with Gasteiger partial charge in [-0.15, -0.1) is 0 Å². The van der Waals surface area contributed by atoms with Crippen LogP contribution in [0.15, 0.2) is 34.9 Å². The van der Waals surface area contributed by atoms with Crippen LogP contribution >= 0.6 is 31.3 Å². The molecule has 6 aromatic heterocycles. The number of imidazole rings is 3. The first-order chi connectivity index (χ1) is 35.2. The molecule has 0 amide bonds. The molecule has 43 heteroatoms. The fourth-order valence-electron chi connectivity index (χ4n) is 8.73. The van der Waals surface area contributed by atoms with Crippen LogP contribution in [0.2, 0.25) is 0 Å². The molecular weight excluding hydrogens is 1100 g/mol. The second kappa shape index (κ2) is 19.1. The van der Waals surface area contributed by atoms with Gasteiger partial charge in [-0.05, 0) is 0 Å². The number of nitrogens with zero attached hydrogens (tertiary/aromatic N) is 10. The Kier molecular flexibility index (Phi) is 13.6. The summed E-state index contributed by atoms with van der Waals surface area (Å²) in [4.78, 5) is 95.9. The number of aliphatic hydroxyl groups excluding tert-OH is 4. The Balaban J connectivity index is 0.809. The molecule has 0 spiro atoms. The molecule has 0 aliphatic carbocycles. The summed E-state index contributed by atoms with van der Waals surface area (Å²) in [5.41, 5.74) is 13.2. The number of aryl methyl sites for hydroxylation is 1. The van der Waals surface area contributed by atoms with Crippen LogP contribution in [0.4, 0.5) is 17.7 Å². The SMILES string of the molecule is Cn1c[n+]([C@@H]2O[C@H](COP(=O)(O)OP(=O)(O)OP(=O)(O)OC[C@]34CO[C@@H](C3OP(=O)(O)OC[C@H]3O[C@@H](n5cnc6c(=O)[nH]c(N)nc65)[C@@H](O)C3O)[C@H](n3cnc5c(N)ncnc53)O4)[C@H](O)C2O)c2nc(N)[nH]c(=O)c21. The topological polar surface area (TPSA) is 562 Å². The number of nitrogens with two attached hydrogens (primary N) is 3. The number of fused-ring (bicyclic) bond motifs is 5. The number of ether oxygens (including phenoxy) is 4. The number of aliphatic hydroxyl groups is 4. The van der Waals surface area contributed by atoms with Crippen LogP contribution in [0.3, 0.4) is 0 Å². The maximum absolute atomic E-state index is 13.7. The van der Waals surface area contributed by atoms with E-state index >= 15 is 0 Å². The van der Waals surface area contributed by atoms with Crippen LogP contribution < -0.4 is 32.9 Å². The van der Waals surface area contributed by atoms with E-state index in [0.29, 0.717) is 0 Å². The Labute approximate surface area is 413 Å². The Morgan fingerprint density at radius 3 is 2.08 bits per heavy atom. The number of H-pyrrole nitrogens is 2. The van der Waals surface area contributed by atoms with Crippen molar-refractivity contribution in [2.24, 2.45) is 7.05 Å². The van der Waals surface area contributed by atoms with E-state index in [1.807, 2.05) is 0 Å². The second-order valence-electron chi connectivity index (χ2n) is 17.0. The van der Waals surface area contributed by atoms with Crippen molar-refractivity contribution in [2.45, 2.75) is 73.1 Å². The van der Waals surface area contributed by atoms with E-state index in [0.717, 1.165) is 28.1 Å². The molecule has 2 bridgehead atoms. The van der Waals surface area contributed by atoms with Gasteiger partial charge >= 0.3 is 36.9 Å². The minimum absolute atomic E-state index is 0.0230. The standard InChI is InChI=1S/C32H41N15O24P4/c1-44-9-47(24-14(44)26(53)43-31(35)41-24)28-18(51)16(49)11(67-28)3-64-73(56,57)70-75(60,61)71-74(58,59)65-5-32-4-62-19(29(68-32)45-7-38-12-21(33)36-6-37-22(12)45)20(32)69-72(54,55)63-2-10-15(48)17(50)27(66-10)46-8-39-13-23(46)40-30(34)42-25(13)52/h6-11,15-20,27-29,48-51H,2-5H2,1H3,(H11-,33,34,35,36,37,40,41,42,43,52,53,54,55,56,57,58,59,60,61)/p+1/t10-,11-,15?,16+,17+,18?,19+,20?,27-,28-,29-,32-/m1/s1. The summed E-state index contributed by atoms with van der Waals surface area (Å²) in [7, 11) is -22.0. The molecule has 4 aliphatic heterocycles. The minimum Gasteiger partial charge on any atom is -0.387 e. The first-order valence-corrected chi connectivity index (χ1v) is 27.2. The van der Waals surface area contributed by atoms with E-state index < -0.39 is 142 Å². The van der Waals surface area contributed by atoms with Crippen molar-refractivity contribution in [1.82, 2.24) is 53.6 Å². The number of aromatic amines is 2. The Morgan fingerprint density at radius 2 is 1.36 bits per heavy atom. The lowest BCUT2D eigenvalue weighted by Crippen LogP contribution is -2.46. The molecule has 6 aromatic rings. The molecule has 4 aliphatic rings. The molecule has 0 aromatic carbocycles. The Hall–Kier alpha value is -5.15. The fourth-order valence-corrected chi connectivity index (χ4v) is 13.3. The smallest absolute Gasteiger partial charge is 0.387 e. The zero-order chi connectivity index (χ0) is 53.9. The highest BCUT2D eigenvalue weighted by Crippen LogP contribution is 2.68. The summed E-state index contributed by atoms with van der Waals surface area (Å²) < 4.78 is 110. The van der Waals surface area contributed by atoms with Crippen molar-refractivity contribution in [1.29, 1.82) is 0 Å². The van der Waals surface area contributed by atoms with Crippen molar-refractivity contribution in [3.63, 3.8) is 0 Å². The van der Waals surface area contributed by atoms with Gasteiger partial charge in [0, 0.05) is 0 Å². The largest absolute Gasteiger partial charge is 0.490 e. The van der Waals surface area contributed by atoms with Gasteiger partial charge in [-0.25, -0.2) is 42.8 Å². The van der Waals surface area contributed by atoms with Gasteiger partial charge in [-0.1, -0.05) is 4.98 Å². The first kappa shape index (κ1) is 53.3. The number of rotatable bonds is 18. The van der Waals surface area contributed by atoms with E-state index in [1.54, 1.807) is 0 Å². The van der Waals surface area contributed by atoms with Crippen LogP contribution in [-0.4, -0.2) is 174 Å². The van der Waals surface area contributed by atoms with Gasteiger partial charge in [0.2, 0.25) is 17.7 Å². The molecule has 10 heterocycles. The lowest BCUT2D eigenvalue weighted by molar-refractivity contribution is -0.745. The van der Waals surface area contributed by atoms with E-state index in [1.165, 1.54) is 22.5 Å². The molecule has 4 fully saturated rings. The van der Waals surface area contributed by atoms with E-state index in [4.69, 9.17) is 54.2 Å². The van der Waals surface area contributed by atoms with E-state index in [2.05, 4.69) is 48.5 Å². The highest BCUT2D eigenvalue weighted by Gasteiger charge is 2.66. The number of hydrogen-bond donors (Lipinski definition) is 13. The Bertz CT molecular complexity index is 3540. The third-order valence-corrected chi connectivity index (χ3v) is 17.2. The summed E-state index contributed by atoms with van der Waals surface area (Å²) in [6.45, 7) is -4.08. The number of aromatic nitrogens is 12. The van der Waals surface area contributed by atoms with Crippen molar-refractivity contribution in [3.05, 3.63) is 46.0 Å². The molecule has 75 heavy (non-hydrogen) atoms. The van der Waals surface area contributed by atoms with E-state index in [-0.39, 0.29) is 51.2 Å². The summed E-state index contributed by atoms with van der Waals surface area (Å²) in [6, 6.07) is 0. The molecule has 16 atom stereocenters. The number of nitrogens with one attached hydrogen (secondary N) is 2. The van der Waals surface area contributed by atoms with Crippen LogP contribution in [0, 0.1) is 0 Å². The molecular formula is C32H42N15O24P4+. The van der Waals surface area contributed by atoms with Gasteiger partial charge in [0.1, 0.15) is 66.3 Å². The quantitative estimate of drug-likeness (QED) is 0.0283. The van der Waals surface area contributed by atoms with Crippen LogP contribution in [-0.2, 0) is 71.0 Å². The maximum atomic E-state index is 13.7.